The maximum atomic E-state index is 9.92. The number of nitrogens with two attached hydrogens (primary N) is 2. The zero-order valence-corrected chi connectivity index (χ0v) is 10.7. The maximum absolute atomic E-state index is 9.92. The lowest BCUT2D eigenvalue weighted by molar-refractivity contribution is -0.112. The average Bonchev–Trinajstić information content (AvgIpc) is 2.82. The summed E-state index contributed by atoms with van der Waals surface area (Å²) in [7, 11) is 0. The van der Waals surface area contributed by atoms with Crippen molar-refractivity contribution in [3.63, 3.8) is 0 Å². The predicted octanol–water partition coefficient (Wildman–Crippen LogP) is -1.33. The molecule has 0 aliphatic carbocycles. The van der Waals surface area contributed by atoms with Gasteiger partial charge in [-0.25, -0.2) is 4.98 Å². The maximum Gasteiger partial charge on any atom is 0.224 e. The van der Waals surface area contributed by atoms with E-state index in [4.69, 9.17) is 21.3 Å². The summed E-state index contributed by atoms with van der Waals surface area (Å²) >= 11 is 0. The number of rotatable bonds is 2. The summed E-state index contributed by atoms with van der Waals surface area (Å²) in [5, 5.41) is 19.0. The number of aliphatic hydroxyl groups excluding tert-OH is 2. The first-order valence-corrected chi connectivity index (χ1v) is 6.26. The summed E-state index contributed by atoms with van der Waals surface area (Å²) in [6.07, 6.45) is 0.717. The Morgan fingerprint density at radius 3 is 2.90 bits per heavy atom. The van der Waals surface area contributed by atoms with E-state index in [2.05, 4.69) is 15.0 Å². The summed E-state index contributed by atoms with van der Waals surface area (Å²) in [6, 6.07) is -0.147. The smallest absolute Gasteiger partial charge is 0.224 e. The molecule has 0 radical (unpaired) electrons. The molecule has 6 N–H and O–H groups in total. The van der Waals surface area contributed by atoms with E-state index >= 15 is 0 Å². The van der Waals surface area contributed by atoms with Crippen molar-refractivity contribution >= 4 is 22.9 Å². The van der Waals surface area contributed by atoms with Gasteiger partial charge < -0.3 is 31.0 Å². The summed E-state index contributed by atoms with van der Waals surface area (Å²) in [5.74, 6) is 0.291. The molecule has 3 rings (SSSR count). The third-order valence-corrected chi connectivity index (χ3v) is 3.48. The van der Waals surface area contributed by atoms with Crippen LogP contribution in [0, 0.1) is 0 Å². The number of aliphatic hydroxyl groups is 2. The van der Waals surface area contributed by atoms with Gasteiger partial charge in [-0.2, -0.15) is 9.97 Å². The van der Waals surface area contributed by atoms with Crippen LogP contribution in [0.2, 0.25) is 0 Å². The molecule has 0 saturated carbocycles. The molecular weight excluding hydrogens is 264 g/mol. The monoisotopic (exact) mass is 280 g/mol. The summed E-state index contributed by atoms with van der Waals surface area (Å²) < 4.78 is 7.20. The van der Waals surface area contributed by atoms with Gasteiger partial charge in [0.25, 0.3) is 0 Å². The molecule has 20 heavy (non-hydrogen) atoms. The summed E-state index contributed by atoms with van der Waals surface area (Å²) in [6.45, 7) is 0.137. The fraction of sp³-hybridized carbons (Fsp3) is 0.545. The Morgan fingerprint density at radius 1 is 1.40 bits per heavy atom. The Hall–Kier alpha value is -1.97. The molecule has 0 aromatic carbocycles. The lowest BCUT2D eigenvalue weighted by atomic mass is 10.0. The molecule has 1 aliphatic heterocycles. The lowest BCUT2D eigenvalue weighted by Crippen LogP contribution is -2.41. The molecule has 2 aromatic heterocycles. The molecule has 0 bridgehead atoms. The van der Waals surface area contributed by atoms with Gasteiger partial charge in [-0.05, 0) is 6.42 Å². The zero-order valence-electron chi connectivity index (χ0n) is 10.7. The molecule has 3 heterocycles. The number of nitrogens with zero attached hydrogens (tertiary/aromatic N) is 4. The molecule has 9 heteroatoms. The Bertz CT molecular complexity index is 630. The van der Waals surface area contributed by atoms with Crippen molar-refractivity contribution in [1.29, 1.82) is 0 Å². The molecule has 0 spiro atoms. The average molecular weight is 280 g/mol. The number of ether oxygens (including phenoxy) is 1. The minimum Gasteiger partial charge on any atom is -0.394 e. The molecule has 2 aromatic rings. The lowest BCUT2D eigenvalue weighted by Gasteiger charge is -2.33. The first-order chi connectivity index (χ1) is 9.60. The van der Waals surface area contributed by atoms with Gasteiger partial charge in [0.15, 0.2) is 11.5 Å². The van der Waals surface area contributed by atoms with E-state index in [1.54, 1.807) is 10.9 Å². The highest BCUT2D eigenvalue weighted by Crippen LogP contribution is 2.27. The number of fused-ring (bicyclic) bond motifs is 1. The Balaban J connectivity index is 1.95. The molecule has 9 nitrogen and oxygen atoms in total. The van der Waals surface area contributed by atoms with Gasteiger partial charge in [0, 0.05) is 0 Å². The van der Waals surface area contributed by atoms with Crippen molar-refractivity contribution in [2.24, 2.45) is 0 Å². The van der Waals surface area contributed by atoms with Gasteiger partial charge in [0.1, 0.15) is 11.6 Å². The van der Waals surface area contributed by atoms with Crippen LogP contribution in [-0.4, -0.2) is 55.2 Å². The molecule has 1 aliphatic rings. The molecular formula is C11H16N6O3. The highest BCUT2D eigenvalue weighted by molar-refractivity contribution is 5.82. The van der Waals surface area contributed by atoms with E-state index in [0.717, 1.165) is 0 Å². The van der Waals surface area contributed by atoms with E-state index in [1.165, 1.54) is 0 Å². The quantitative estimate of drug-likeness (QED) is 0.529. The number of hydrogen-bond acceptors (Lipinski definition) is 8. The van der Waals surface area contributed by atoms with E-state index in [-0.39, 0.29) is 24.4 Å². The van der Waals surface area contributed by atoms with Gasteiger partial charge in [-0.3, -0.25) is 0 Å². The second kappa shape index (κ2) is 4.85. The number of hydrogen-bond donors (Lipinski definition) is 4. The van der Waals surface area contributed by atoms with Crippen molar-refractivity contribution < 1.29 is 14.9 Å². The van der Waals surface area contributed by atoms with Crippen LogP contribution >= 0.6 is 0 Å². The first kappa shape index (κ1) is 13.0. The standard InChI is InChI=1S/C11H16N6O3/c12-9-8-10(16-11(13)15-9)17(4-14-8)5-1-6(19)7(2-18)20-3-5/h4-7,18-19H,1-3H2,(H4,12,13,15,16). The predicted molar refractivity (Wildman–Crippen MR) is 70.6 cm³/mol. The van der Waals surface area contributed by atoms with Crippen LogP contribution in [-0.2, 0) is 4.74 Å². The highest BCUT2D eigenvalue weighted by Gasteiger charge is 2.31. The van der Waals surface area contributed by atoms with Crippen LogP contribution in [0.3, 0.4) is 0 Å². The van der Waals surface area contributed by atoms with Crippen molar-refractivity contribution in [2.45, 2.75) is 24.7 Å². The first-order valence-electron chi connectivity index (χ1n) is 6.26. The summed E-state index contributed by atoms with van der Waals surface area (Å²) in [4.78, 5) is 12.2. The van der Waals surface area contributed by atoms with Crippen molar-refractivity contribution in [1.82, 2.24) is 19.5 Å². The third-order valence-electron chi connectivity index (χ3n) is 3.48. The molecule has 108 valence electrons. The number of imidazole rings is 1. The molecule has 1 saturated heterocycles. The summed E-state index contributed by atoms with van der Waals surface area (Å²) in [5.41, 5.74) is 12.3. The zero-order chi connectivity index (χ0) is 14.3. The van der Waals surface area contributed by atoms with Crippen LogP contribution < -0.4 is 11.5 Å². The van der Waals surface area contributed by atoms with Crippen LogP contribution in [0.4, 0.5) is 11.8 Å². The SMILES string of the molecule is Nc1nc(N)c2ncn(C3COC(CO)C(O)C3)c2n1. The van der Waals surface area contributed by atoms with Gasteiger partial charge >= 0.3 is 0 Å². The largest absolute Gasteiger partial charge is 0.394 e. The van der Waals surface area contributed by atoms with E-state index < -0.39 is 12.2 Å². The van der Waals surface area contributed by atoms with Crippen molar-refractivity contribution in [3.8, 4) is 0 Å². The fourth-order valence-electron chi connectivity index (χ4n) is 2.44. The van der Waals surface area contributed by atoms with Gasteiger partial charge in [-0.15, -0.1) is 0 Å². The Morgan fingerprint density at radius 2 is 2.20 bits per heavy atom. The second-order valence-corrected chi connectivity index (χ2v) is 4.80. The minimum absolute atomic E-state index is 0.0715. The topological polar surface area (TPSA) is 145 Å². The van der Waals surface area contributed by atoms with E-state index in [0.29, 0.717) is 24.2 Å². The highest BCUT2D eigenvalue weighted by atomic mass is 16.5. The third kappa shape index (κ3) is 2.05. The second-order valence-electron chi connectivity index (χ2n) is 4.80. The fourth-order valence-corrected chi connectivity index (χ4v) is 2.44. The number of nitrogen functional groups attached to an aromatic ring is 2. The van der Waals surface area contributed by atoms with Crippen molar-refractivity contribution in [3.05, 3.63) is 6.33 Å². The van der Waals surface area contributed by atoms with Crippen LogP contribution in [0.5, 0.6) is 0 Å². The molecule has 0 amide bonds. The molecule has 3 unspecified atom stereocenters. The van der Waals surface area contributed by atoms with Gasteiger partial charge in [0.05, 0.1) is 31.7 Å². The molecule has 1 fully saturated rings. The van der Waals surface area contributed by atoms with Crippen LogP contribution in [0.1, 0.15) is 12.5 Å². The Labute approximate surface area is 114 Å². The van der Waals surface area contributed by atoms with Gasteiger partial charge in [-0.1, -0.05) is 0 Å². The van der Waals surface area contributed by atoms with Crippen LogP contribution in [0.25, 0.3) is 11.2 Å². The Kier molecular flexibility index (Phi) is 3.16. The van der Waals surface area contributed by atoms with E-state index in [1.807, 2.05) is 0 Å². The molecule has 3 atom stereocenters. The van der Waals surface area contributed by atoms with E-state index in [9.17, 15) is 5.11 Å². The normalized spacial score (nSPS) is 27.0. The minimum atomic E-state index is -0.743. The van der Waals surface area contributed by atoms with Crippen LogP contribution in [0.15, 0.2) is 6.33 Å². The number of aromatic nitrogens is 4. The number of anilines is 2. The van der Waals surface area contributed by atoms with Crippen molar-refractivity contribution in [2.75, 3.05) is 24.7 Å². The van der Waals surface area contributed by atoms with Gasteiger partial charge in [0.2, 0.25) is 5.95 Å².